The maximum absolute atomic E-state index is 14.4. The third kappa shape index (κ3) is 9.15. The Bertz CT molecular complexity index is 1680. The van der Waals surface area contributed by atoms with Crippen LogP contribution in [0.5, 0.6) is 0 Å². The number of hydrogen-bond donors (Lipinski definition) is 1. The third-order valence-corrected chi connectivity index (χ3v) is 9.37. The molecule has 10 heteroatoms. The average molecular weight is 650 g/mol. The highest BCUT2D eigenvalue weighted by Gasteiger charge is 2.34. The van der Waals surface area contributed by atoms with Gasteiger partial charge in [0, 0.05) is 24.5 Å². The van der Waals surface area contributed by atoms with Gasteiger partial charge in [-0.25, -0.2) is 12.8 Å². The molecule has 0 aliphatic rings. The molecule has 0 radical (unpaired) electrons. The Morgan fingerprint density at radius 1 is 0.889 bits per heavy atom. The van der Waals surface area contributed by atoms with Gasteiger partial charge in [0.1, 0.15) is 18.4 Å². The topological polar surface area (TPSA) is 86.8 Å². The summed E-state index contributed by atoms with van der Waals surface area (Å²) >= 11 is 6.28. The van der Waals surface area contributed by atoms with E-state index in [2.05, 4.69) is 5.32 Å². The van der Waals surface area contributed by atoms with E-state index in [1.54, 1.807) is 36.4 Å². The quantitative estimate of drug-likeness (QED) is 0.157. The fraction of sp³-hybridized carbons (Fsp3) is 0.257. The van der Waals surface area contributed by atoms with Gasteiger partial charge in [0.05, 0.1) is 10.6 Å². The van der Waals surface area contributed by atoms with Crippen LogP contribution < -0.4 is 9.62 Å². The summed E-state index contributed by atoms with van der Waals surface area (Å²) in [6.45, 7) is 3.66. The third-order valence-electron chi connectivity index (χ3n) is 7.35. The number of anilines is 1. The zero-order valence-electron chi connectivity index (χ0n) is 25.3. The van der Waals surface area contributed by atoms with Crippen LogP contribution in [0.15, 0.2) is 108 Å². The number of nitrogens with one attached hydrogen (secondary N) is 1. The summed E-state index contributed by atoms with van der Waals surface area (Å²) in [7, 11) is -4.27. The number of nitrogens with zero attached hydrogens (tertiary/aromatic N) is 2. The maximum Gasteiger partial charge on any atom is 0.264 e. The number of aryl methyl sites for hydroxylation is 1. The van der Waals surface area contributed by atoms with E-state index in [0.29, 0.717) is 17.1 Å². The fourth-order valence-electron chi connectivity index (χ4n) is 4.87. The standard InChI is InChI=1S/C35H37ClFN3O4S/c1-3-4-21-38-35(42)33(23-27-9-6-5-7-10-27)39(24-28-11-8-12-29(36)22-28)34(41)25-40(31-17-15-30(37)16-18-31)45(43,44)32-19-13-26(2)14-20-32/h5-20,22,33H,3-4,21,23-25H2,1-2H3,(H,38,42)/t33-/m0/s1. The molecule has 236 valence electrons. The van der Waals surface area contributed by atoms with Gasteiger partial charge in [0.15, 0.2) is 0 Å². The van der Waals surface area contributed by atoms with Gasteiger partial charge < -0.3 is 10.2 Å². The smallest absolute Gasteiger partial charge is 0.264 e. The monoisotopic (exact) mass is 649 g/mol. The van der Waals surface area contributed by atoms with Crippen LogP contribution in [0.3, 0.4) is 0 Å². The molecular weight excluding hydrogens is 613 g/mol. The molecule has 4 aromatic carbocycles. The molecule has 0 aliphatic carbocycles. The van der Waals surface area contributed by atoms with Gasteiger partial charge in [0.25, 0.3) is 10.0 Å². The summed E-state index contributed by atoms with van der Waals surface area (Å²) in [6.07, 6.45) is 1.84. The molecule has 0 aromatic heterocycles. The lowest BCUT2D eigenvalue weighted by molar-refractivity contribution is -0.140. The van der Waals surface area contributed by atoms with Crippen molar-refractivity contribution in [2.24, 2.45) is 0 Å². The minimum Gasteiger partial charge on any atom is -0.354 e. The van der Waals surface area contributed by atoms with Crippen LogP contribution in [0.4, 0.5) is 10.1 Å². The Labute approximate surface area is 269 Å². The van der Waals surface area contributed by atoms with Crippen LogP contribution >= 0.6 is 11.6 Å². The van der Waals surface area contributed by atoms with E-state index < -0.39 is 34.3 Å². The number of rotatable bonds is 14. The first kappa shape index (κ1) is 33.7. The summed E-state index contributed by atoms with van der Waals surface area (Å²) in [6, 6.07) is 26.5. The molecule has 0 saturated carbocycles. The molecule has 1 N–H and O–H groups in total. The van der Waals surface area contributed by atoms with Gasteiger partial charge in [-0.1, -0.05) is 85.1 Å². The minimum atomic E-state index is -4.27. The highest BCUT2D eigenvalue weighted by atomic mass is 35.5. The lowest BCUT2D eigenvalue weighted by Crippen LogP contribution is -2.53. The summed E-state index contributed by atoms with van der Waals surface area (Å²) in [5.41, 5.74) is 2.48. The molecular formula is C35H37ClFN3O4S. The van der Waals surface area contributed by atoms with Gasteiger partial charge in [-0.2, -0.15) is 0 Å². The van der Waals surface area contributed by atoms with Crippen molar-refractivity contribution in [3.63, 3.8) is 0 Å². The number of carbonyl (C=O) groups is 2. The molecule has 4 aromatic rings. The Balaban J connectivity index is 1.78. The number of unbranched alkanes of at least 4 members (excludes halogenated alkanes) is 1. The van der Waals surface area contributed by atoms with Crippen molar-refractivity contribution in [1.82, 2.24) is 10.2 Å². The minimum absolute atomic E-state index is 0.0000709. The van der Waals surface area contributed by atoms with Crippen LogP contribution in [-0.2, 0) is 32.6 Å². The molecule has 0 heterocycles. The predicted molar refractivity (Wildman–Crippen MR) is 176 cm³/mol. The van der Waals surface area contributed by atoms with Gasteiger partial charge >= 0.3 is 0 Å². The van der Waals surface area contributed by atoms with E-state index >= 15 is 0 Å². The first-order valence-corrected chi connectivity index (χ1v) is 16.6. The Hall–Kier alpha value is -4.21. The summed E-state index contributed by atoms with van der Waals surface area (Å²) in [4.78, 5) is 29.6. The summed E-state index contributed by atoms with van der Waals surface area (Å²) < 4.78 is 42.9. The van der Waals surface area contributed by atoms with Crippen LogP contribution in [0.1, 0.15) is 36.5 Å². The van der Waals surface area contributed by atoms with Crippen molar-refractivity contribution in [2.45, 2.75) is 50.6 Å². The van der Waals surface area contributed by atoms with E-state index in [0.717, 1.165) is 40.4 Å². The highest BCUT2D eigenvalue weighted by Crippen LogP contribution is 2.26. The van der Waals surface area contributed by atoms with Crippen molar-refractivity contribution in [3.05, 3.63) is 131 Å². The lowest BCUT2D eigenvalue weighted by Gasteiger charge is -2.34. The molecule has 7 nitrogen and oxygen atoms in total. The number of halogens is 2. The van der Waals surface area contributed by atoms with Crippen LogP contribution in [0.2, 0.25) is 5.02 Å². The first-order valence-electron chi connectivity index (χ1n) is 14.8. The first-order chi connectivity index (χ1) is 21.6. The second kappa shape index (κ2) is 15.7. The molecule has 0 unspecified atom stereocenters. The molecule has 0 saturated heterocycles. The molecule has 2 amide bonds. The van der Waals surface area contributed by atoms with Crippen molar-refractivity contribution < 1.29 is 22.4 Å². The molecule has 45 heavy (non-hydrogen) atoms. The zero-order valence-corrected chi connectivity index (χ0v) is 26.9. The van der Waals surface area contributed by atoms with E-state index in [1.165, 1.54) is 29.2 Å². The van der Waals surface area contributed by atoms with Crippen LogP contribution in [0, 0.1) is 12.7 Å². The summed E-state index contributed by atoms with van der Waals surface area (Å²) in [5, 5.41) is 3.42. The Morgan fingerprint density at radius 3 is 2.20 bits per heavy atom. The van der Waals surface area contributed by atoms with E-state index in [-0.39, 0.29) is 29.5 Å². The van der Waals surface area contributed by atoms with Crippen molar-refractivity contribution in [2.75, 3.05) is 17.4 Å². The van der Waals surface area contributed by atoms with Crippen molar-refractivity contribution >= 4 is 39.1 Å². The van der Waals surface area contributed by atoms with Gasteiger partial charge in [-0.15, -0.1) is 0 Å². The SMILES string of the molecule is CCCCNC(=O)[C@H](Cc1ccccc1)N(Cc1cccc(Cl)c1)C(=O)CN(c1ccc(F)cc1)S(=O)(=O)c1ccc(C)cc1. The van der Waals surface area contributed by atoms with Crippen LogP contribution in [-0.4, -0.2) is 44.3 Å². The lowest BCUT2D eigenvalue weighted by atomic mass is 10.0. The second-order valence-electron chi connectivity index (χ2n) is 10.8. The van der Waals surface area contributed by atoms with Gasteiger partial charge in [-0.3, -0.25) is 13.9 Å². The number of hydrogen-bond acceptors (Lipinski definition) is 4. The number of sulfonamides is 1. The number of carbonyl (C=O) groups excluding carboxylic acids is 2. The van der Waals surface area contributed by atoms with E-state index in [1.807, 2.05) is 44.2 Å². The summed E-state index contributed by atoms with van der Waals surface area (Å²) in [5.74, 6) is -1.51. The fourth-order valence-corrected chi connectivity index (χ4v) is 6.49. The highest BCUT2D eigenvalue weighted by molar-refractivity contribution is 7.92. The Kier molecular flexibility index (Phi) is 11.7. The maximum atomic E-state index is 14.4. The Morgan fingerprint density at radius 2 is 1.56 bits per heavy atom. The normalized spacial score (nSPS) is 11.9. The van der Waals surface area contributed by atoms with Crippen molar-refractivity contribution in [1.29, 1.82) is 0 Å². The number of benzene rings is 4. The molecule has 0 spiro atoms. The van der Waals surface area contributed by atoms with E-state index in [4.69, 9.17) is 11.6 Å². The average Bonchev–Trinajstić information content (AvgIpc) is 3.02. The molecule has 4 rings (SSSR count). The number of amides is 2. The molecule has 0 aliphatic heterocycles. The molecule has 0 bridgehead atoms. The largest absolute Gasteiger partial charge is 0.354 e. The van der Waals surface area contributed by atoms with Crippen molar-refractivity contribution in [3.8, 4) is 0 Å². The molecule has 1 atom stereocenters. The van der Waals surface area contributed by atoms with Crippen LogP contribution in [0.25, 0.3) is 0 Å². The van der Waals surface area contributed by atoms with Gasteiger partial charge in [-0.05, 0) is 73.0 Å². The second-order valence-corrected chi connectivity index (χ2v) is 13.1. The zero-order chi connectivity index (χ0) is 32.4. The predicted octanol–water partition coefficient (Wildman–Crippen LogP) is 6.54. The van der Waals surface area contributed by atoms with Gasteiger partial charge in [0.2, 0.25) is 11.8 Å². The van der Waals surface area contributed by atoms with E-state index in [9.17, 15) is 22.4 Å². The molecule has 0 fully saturated rings.